The number of aliphatic carboxylic acids is 1. The van der Waals surface area contributed by atoms with Gasteiger partial charge in [-0.3, -0.25) is 63.3 Å². The Morgan fingerprint density at radius 2 is 0.663 bits per heavy atom. The van der Waals surface area contributed by atoms with E-state index in [4.69, 9.17) is 68.8 Å². The van der Waals surface area contributed by atoms with Gasteiger partial charge < -0.3 is 111 Å². The summed E-state index contributed by atoms with van der Waals surface area (Å²) in [6.07, 6.45) is 0.0639. The number of halogens is 5. The lowest BCUT2D eigenvalue weighted by atomic mass is 9.85. The van der Waals surface area contributed by atoms with Crippen LogP contribution in [0.2, 0.25) is 0 Å². The fourth-order valence-corrected chi connectivity index (χ4v) is 9.45. The predicted octanol–water partition coefficient (Wildman–Crippen LogP) is -5.77. The molecule has 8 atom stereocenters. The molecule has 92 heavy (non-hydrogen) atoms. The number of benzene rings is 1. The van der Waals surface area contributed by atoms with E-state index in [1.54, 1.807) is 0 Å². The Morgan fingerprint density at radius 3 is 0.967 bits per heavy atom. The number of guanidine groups is 5. The molecule has 0 heterocycles. The molecule has 1 aromatic carbocycles. The molecule has 0 bridgehead atoms. The summed E-state index contributed by atoms with van der Waals surface area (Å²) in [7, 11) is 0. The van der Waals surface area contributed by atoms with E-state index in [1.807, 2.05) is 0 Å². The highest BCUT2D eigenvalue weighted by Gasteiger charge is 2.37. The summed E-state index contributed by atoms with van der Waals surface area (Å²) in [6.45, 7) is -0.562. The Labute approximate surface area is 526 Å². The van der Waals surface area contributed by atoms with Crippen molar-refractivity contribution in [2.45, 2.75) is 170 Å². The van der Waals surface area contributed by atoms with Crippen molar-refractivity contribution in [1.82, 2.24) is 37.2 Å². The van der Waals surface area contributed by atoms with Crippen molar-refractivity contribution in [3.05, 3.63) is 34.6 Å². The first-order valence-electron chi connectivity index (χ1n) is 29.5. The molecule has 39 heteroatoms. The van der Waals surface area contributed by atoms with Crippen LogP contribution in [0.4, 0.5) is 22.0 Å². The summed E-state index contributed by atoms with van der Waals surface area (Å²) >= 11 is 0. The van der Waals surface area contributed by atoms with Gasteiger partial charge in [0.05, 0.1) is 6.04 Å². The first-order chi connectivity index (χ1) is 43.3. The molecule has 1 aromatic rings. The molecule has 0 spiro atoms. The highest BCUT2D eigenvalue weighted by Crippen LogP contribution is 2.28. The minimum atomic E-state index is -2.51. The van der Waals surface area contributed by atoms with Crippen LogP contribution in [0.3, 0.4) is 0 Å². The Kier molecular flexibility index (Phi) is 34.9. The van der Waals surface area contributed by atoms with Crippen LogP contribution in [0, 0.1) is 35.0 Å². The van der Waals surface area contributed by atoms with Crippen molar-refractivity contribution >= 4 is 83.0 Å². The number of rotatable bonds is 42. The third-order valence-electron chi connectivity index (χ3n) is 14.2. The Morgan fingerprint density at radius 1 is 0.391 bits per heavy atom. The second-order valence-corrected chi connectivity index (χ2v) is 21.6. The number of hydrogen-bond donors (Lipinski definition) is 20. The highest BCUT2D eigenvalue weighted by molar-refractivity contribution is 5.98. The molecule has 8 amide bonds. The van der Waals surface area contributed by atoms with Gasteiger partial charge in [0.2, 0.25) is 53.1 Å². The van der Waals surface area contributed by atoms with Crippen LogP contribution in [0.1, 0.15) is 121 Å². The molecule has 1 fully saturated rings. The normalized spacial score (nSPS) is 14.7. The first-order valence-corrected chi connectivity index (χ1v) is 29.5. The van der Waals surface area contributed by atoms with E-state index in [2.05, 4.69) is 62.2 Å². The van der Waals surface area contributed by atoms with Crippen molar-refractivity contribution in [3.8, 4) is 0 Å². The molecular weight excluding hydrogens is 1230 g/mol. The van der Waals surface area contributed by atoms with Crippen molar-refractivity contribution < 1.29 is 70.2 Å². The topological polar surface area (TPSA) is 632 Å². The van der Waals surface area contributed by atoms with Gasteiger partial charge in [0.1, 0.15) is 42.3 Å². The van der Waals surface area contributed by atoms with Crippen LogP contribution in [0.5, 0.6) is 0 Å². The van der Waals surface area contributed by atoms with Gasteiger partial charge in [0.25, 0.3) is 0 Å². The highest BCUT2D eigenvalue weighted by atomic mass is 19.2. The summed E-state index contributed by atoms with van der Waals surface area (Å²) in [6, 6.07) is -13.5. The van der Waals surface area contributed by atoms with Gasteiger partial charge >= 0.3 is 5.97 Å². The standard InChI is InChI=1S/C53H89F5N24O10/c54-36-26(37(55)39(57)40(58)38(36)56)24-34(82-41(84)27(59)23-25-9-2-1-3-10-25)47(90)79-30(13-6-20-73-51(65)66)43(86)76-28(11-4-18-71-49(61)62)42(85)77-29(12-5-19-72-50(63)64)44(87)80-32(16-17-35(60)83)46(89)78-31(14-7-21-74-52(67)68)45(88)81-33(48(91)92)15-8-22-75-53(69)70/h25,27-34H,1-24,59H2,(H2,60,83)(H,76,86)(H,77,85)(H,78,89)(H,79,90)(H,80,87)(H,81,88)(H,82,84)(H,91,92)(H4,61,62,71)(H4,63,64,72)(H4,65,66,73)(H4,67,68,74)(H4,69,70,75)/t27-,28-,29-,30-,31-,32-,33-,34-/m1/s1. The average Bonchev–Trinajstić information content (AvgIpc) is 0.802. The molecule has 1 aliphatic rings. The number of nitrogens with two attached hydrogens (primary N) is 12. The van der Waals surface area contributed by atoms with Crippen LogP contribution in [0.25, 0.3) is 0 Å². The van der Waals surface area contributed by atoms with Gasteiger partial charge in [0, 0.05) is 51.1 Å². The zero-order valence-electron chi connectivity index (χ0n) is 50.8. The molecule has 0 aliphatic heterocycles. The number of carbonyl (C=O) groups excluding carboxylic acids is 8. The van der Waals surface area contributed by atoms with Gasteiger partial charge in [0.15, 0.2) is 53.1 Å². The maximum atomic E-state index is 15.3. The van der Waals surface area contributed by atoms with Gasteiger partial charge in [-0.15, -0.1) is 0 Å². The fourth-order valence-electron chi connectivity index (χ4n) is 9.45. The molecule has 0 radical (unpaired) electrons. The number of carboxylic acid groups (broad SMARTS) is 1. The van der Waals surface area contributed by atoms with Crippen LogP contribution >= 0.6 is 0 Å². The van der Waals surface area contributed by atoms with Crippen LogP contribution in [-0.2, 0) is 49.6 Å². The van der Waals surface area contributed by atoms with Crippen molar-refractivity contribution in [2.75, 3.05) is 32.7 Å². The zero-order valence-corrected chi connectivity index (χ0v) is 50.8. The van der Waals surface area contributed by atoms with E-state index >= 15 is 8.78 Å². The van der Waals surface area contributed by atoms with Crippen molar-refractivity contribution in [3.63, 3.8) is 0 Å². The second kappa shape index (κ2) is 40.9. The Bertz CT molecular complexity index is 2800. The van der Waals surface area contributed by atoms with Crippen LogP contribution < -0.4 is 106 Å². The summed E-state index contributed by atoms with van der Waals surface area (Å²) in [5, 5.41) is 26.7. The predicted molar refractivity (Wildman–Crippen MR) is 328 cm³/mol. The van der Waals surface area contributed by atoms with Crippen LogP contribution in [-0.4, -0.2) is 169 Å². The number of nitrogens with zero attached hydrogens (tertiary/aromatic N) is 5. The molecule has 1 saturated carbocycles. The quantitative estimate of drug-likeness (QED) is 0.00724. The molecule has 516 valence electrons. The lowest BCUT2D eigenvalue weighted by molar-refractivity contribution is -0.142. The lowest BCUT2D eigenvalue weighted by Gasteiger charge is -2.28. The van der Waals surface area contributed by atoms with E-state index in [9.17, 15) is 61.4 Å². The number of carboxylic acids is 1. The van der Waals surface area contributed by atoms with E-state index in [0.717, 1.165) is 19.3 Å². The number of primary amides is 1. The molecule has 0 aromatic heterocycles. The second-order valence-electron chi connectivity index (χ2n) is 21.6. The Hall–Kier alpha value is -9.59. The van der Waals surface area contributed by atoms with Gasteiger partial charge in [-0.25, -0.2) is 26.7 Å². The maximum absolute atomic E-state index is 15.3. The summed E-state index contributed by atoms with van der Waals surface area (Å²) < 4.78 is 73.9. The molecule has 1 aliphatic carbocycles. The number of aliphatic imine (C=N–C) groups is 5. The minimum absolute atomic E-state index is 0.00400. The summed E-state index contributed by atoms with van der Waals surface area (Å²) in [5.74, 6) is -24.0. The number of hydrogen-bond acceptors (Lipinski definition) is 15. The smallest absolute Gasteiger partial charge is 0.326 e. The zero-order chi connectivity index (χ0) is 69.2. The molecule has 0 saturated heterocycles. The first kappa shape index (κ1) is 78.5. The summed E-state index contributed by atoms with van der Waals surface area (Å²) in [5.41, 5.74) is 64.8. The molecule has 2 rings (SSSR count). The van der Waals surface area contributed by atoms with Crippen molar-refractivity contribution in [2.24, 2.45) is 99.7 Å². The SMILES string of the molecule is NC(=O)CC[C@@H](NC(=O)[C@@H](CCCN=C(N)N)NC(=O)[C@@H](CCCN=C(N)N)NC(=O)[C@@H](CCCN=C(N)N)NC(=O)[C@@H](Cc1c(F)c(F)c(F)c(F)c1F)NC(=O)[C@H](N)CC1CCCCC1)C(=O)N[C@H](CCCN=C(N)N)C(=O)N[C@H](CCCN=C(N)N)C(=O)O. The van der Waals surface area contributed by atoms with Crippen LogP contribution in [0.15, 0.2) is 25.0 Å². The number of carbonyl (C=O) groups is 9. The maximum Gasteiger partial charge on any atom is 0.326 e. The largest absolute Gasteiger partial charge is 0.480 e. The van der Waals surface area contributed by atoms with E-state index in [0.29, 0.717) is 12.8 Å². The monoisotopic (exact) mass is 1320 g/mol. The van der Waals surface area contributed by atoms with Gasteiger partial charge in [-0.1, -0.05) is 32.1 Å². The molecule has 32 N–H and O–H groups in total. The van der Waals surface area contributed by atoms with E-state index in [1.165, 1.54) is 0 Å². The third-order valence-corrected chi connectivity index (χ3v) is 14.2. The average molecular weight is 1320 g/mol. The van der Waals surface area contributed by atoms with E-state index < -0.39 is 162 Å². The summed E-state index contributed by atoms with van der Waals surface area (Å²) in [4.78, 5) is 143. The third kappa shape index (κ3) is 29.8. The fraction of sp³-hybridized carbons (Fsp3) is 0.623. The molecule has 34 nitrogen and oxygen atoms in total. The Balaban J connectivity index is 2.70. The minimum Gasteiger partial charge on any atom is -0.480 e. The van der Waals surface area contributed by atoms with Gasteiger partial charge in [-0.2, -0.15) is 0 Å². The number of nitrogens with one attached hydrogen (secondary N) is 7. The van der Waals surface area contributed by atoms with Crippen molar-refractivity contribution in [1.29, 1.82) is 0 Å². The van der Waals surface area contributed by atoms with Gasteiger partial charge in [-0.05, 0) is 83.0 Å². The molecule has 0 unspecified atom stereocenters. The lowest BCUT2D eigenvalue weighted by Crippen LogP contribution is -2.60. The number of amides is 8. The molecular formula is C53H89F5N24O10. The van der Waals surface area contributed by atoms with E-state index in [-0.39, 0.29) is 133 Å².